The number of rotatable bonds is 2. The summed E-state index contributed by atoms with van der Waals surface area (Å²) < 4.78 is 22.9. The molecule has 1 saturated carbocycles. The summed E-state index contributed by atoms with van der Waals surface area (Å²) in [7, 11) is -2.73. The Morgan fingerprint density at radius 2 is 1.93 bits per heavy atom. The summed E-state index contributed by atoms with van der Waals surface area (Å²) in [5.74, 6) is 1.15. The number of hydrogen-bond donors (Lipinski definition) is 0. The predicted octanol–water partition coefficient (Wildman–Crippen LogP) is 2.76. The Hall–Kier alpha value is 0.430. The molecule has 0 N–H and O–H groups in total. The minimum atomic E-state index is -2.73. The maximum atomic E-state index is 11.4. The smallest absolute Gasteiger partial charge is 0.150 e. The van der Waals surface area contributed by atoms with Crippen LogP contribution in [0.25, 0.3) is 0 Å². The van der Waals surface area contributed by atoms with Crippen LogP contribution in [-0.4, -0.2) is 24.8 Å². The van der Waals surface area contributed by atoms with Crippen LogP contribution in [0.3, 0.4) is 0 Å². The second-order valence-corrected chi connectivity index (χ2v) is 8.64. The van der Waals surface area contributed by atoms with Gasteiger partial charge in [0.15, 0.2) is 9.84 Å². The normalized spacial score (nSPS) is 35.5. The van der Waals surface area contributed by atoms with Crippen LogP contribution in [0, 0.1) is 11.3 Å². The van der Waals surface area contributed by atoms with Crippen LogP contribution >= 0.6 is 15.9 Å². The average molecular weight is 295 g/mol. The first-order valence-electron chi connectivity index (χ1n) is 5.77. The van der Waals surface area contributed by atoms with E-state index >= 15 is 0 Å². The van der Waals surface area contributed by atoms with Gasteiger partial charge in [-0.05, 0) is 30.6 Å². The third-order valence-electron chi connectivity index (χ3n) is 4.09. The minimum Gasteiger partial charge on any atom is -0.229 e. The highest BCUT2D eigenvalue weighted by molar-refractivity contribution is 9.09. The molecule has 2 unspecified atom stereocenters. The Morgan fingerprint density at radius 3 is 2.40 bits per heavy atom. The molecule has 1 saturated heterocycles. The first kappa shape index (κ1) is 11.9. The number of halogens is 1. The van der Waals surface area contributed by atoms with Crippen molar-refractivity contribution in [3.8, 4) is 0 Å². The molecule has 0 radical (unpaired) electrons. The summed E-state index contributed by atoms with van der Waals surface area (Å²) in [5, 5.41) is 0. The molecule has 2 nitrogen and oxygen atoms in total. The molecule has 2 atom stereocenters. The summed E-state index contributed by atoms with van der Waals surface area (Å²) in [6.07, 6.45) is 5.96. The summed E-state index contributed by atoms with van der Waals surface area (Å²) in [6, 6.07) is 0. The van der Waals surface area contributed by atoms with E-state index in [-0.39, 0.29) is 0 Å². The first-order valence-corrected chi connectivity index (χ1v) is 8.51. The fraction of sp³-hybridized carbons (Fsp3) is 1.00. The van der Waals surface area contributed by atoms with Gasteiger partial charge < -0.3 is 0 Å². The van der Waals surface area contributed by atoms with Crippen LogP contribution in [0.1, 0.15) is 39.0 Å². The van der Waals surface area contributed by atoms with Gasteiger partial charge >= 0.3 is 0 Å². The van der Waals surface area contributed by atoms with E-state index in [0.29, 0.717) is 27.7 Å². The summed E-state index contributed by atoms with van der Waals surface area (Å²) in [4.78, 5) is 0.393. The number of alkyl halides is 1. The van der Waals surface area contributed by atoms with Gasteiger partial charge in [-0.3, -0.25) is 0 Å². The van der Waals surface area contributed by atoms with E-state index in [2.05, 4.69) is 22.9 Å². The van der Waals surface area contributed by atoms with E-state index < -0.39 is 9.84 Å². The van der Waals surface area contributed by atoms with Crippen LogP contribution < -0.4 is 0 Å². The van der Waals surface area contributed by atoms with E-state index in [4.69, 9.17) is 0 Å². The van der Waals surface area contributed by atoms with Crippen molar-refractivity contribution >= 4 is 25.8 Å². The number of hydrogen-bond acceptors (Lipinski definition) is 2. The van der Waals surface area contributed by atoms with Crippen LogP contribution in [-0.2, 0) is 9.84 Å². The van der Waals surface area contributed by atoms with Crippen molar-refractivity contribution in [3.63, 3.8) is 0 Å². The summed E-state index contributed by atoms with van der Waals surface area (Å²) >= 11 is 3.77. The first-order chi connectivity index (χ1) is 6.93. The van der Waals surface area contributed by atoms with Crippen LogP contribution in [0.5, 0.6) is 0 Å². The highest BCUT2D eigenvalue weighted by Gasteiger charge is 2.43. The molecular formula is C11H19BrO2S. The van der Waals surface area contributed by atoms with Gasteiger partial charge in [0.05, 0.1) is 11.5 Å². The quantitative estimate of drug-likeness (QED) is 0.734. The molecule has 15 heavy (non-hydrogen) atoms. The van der Waals surface area contributed by atoms with Crippen LogP contribution in [0.2, 0.25) is 0 Å². The second-order valence-electron chi connectivity index (χ2n) is 5.43. The van der Waals surface area contributed by atoms with Crippen molar-refractivity contribution in [3.05, 3.63) is 0 Å². The van der Waals surface area contributed by atoms with E-state index in [1.54, 1.807) is 0 Å². The van der Waals surface area contributed by atoms with Crippen molar-refractivity contribution in [2.75, 3.05) is 11.5 Å². The molecule has 0 amide bonds. The highest BCUT2D eigenvalue weighted by Crippen LogP contribution is 2.48. The van der Waals surface area contributed by atoms with Gasteiger partial charge in [-0.25, -0.2) is 8.42 Å². The fourth-order valence-electron chi connectivity index (χ4n) is 3.08. The number of sulfone groups is 1. The summed E-state index contributed by atoms with van der Waals surface area (Å²) in [5.41, 5.74) is 0.338. The molecular weight excluding hydrogens is 276 g/mol. The standard InChI is InChI=1S/C11H19BrO2S/c1-11(5-2-3-6-11)10(12)9-4-7-15(13,14)8-9/h9-10H,2-8H2,1H3. The van der Waals surface area contributed by atoms with Gasteiger partial charge in [0.1, 0.15) is 0 Å². The predicted molar refractivity (Wildman–Crippen MR) is 66.1 cm³/mol. The second kappa shape index (κ2) is 4.02. The zero-order valence-corrected chi connectivity index (χ0v) is 11.6. The Labute approximate surface area is 101 Å². The molecule has 1 heterocycles. The summed E-state index contributed by atoms with van der Waals surface area (Å²) in [6.45, 7) is 2.31. The van der Waals surface area contributed by atoms with Crippen LogP contribution in [0.15, 0.2) is 0 Å². The van der Waals surface area contributed by atoms with E-state index in [1.165, 1.54) is 25.7 Å². The van der Waals surface area contributed by atoms with Crippen molar-refractivity contribution in [2.45, 2.75) is 43.9 Å². The molecule has 2 fully saturated rings. The molecule has 88 valence electrons. The van der Waals surface area contributed by atoms with Crippen molar-refractivity contribution in [1.82, 2.24) is 0 Å². The largest absolute Gasteiger partial charge is 0.229 e. The van der Waals surface area contributed by atoms with Gasteiger partial charge in [-0.1, -0.05) is 35.7 Å². The topological polar surface area (TPSA) is 34.1 Å². The molecule has 4 heteroatoms. The molecule has 1 aliphatic carbocycles. The van der Waals surface area contributed by atoms with Crippen molar-refractivity contribution in [1.29, 1.82) is 0 Å². The average Bonchev–Trinajstić information content (AvgIpc) is 2.72. The lowest BCUT2D eigenvalue weighted by Gasteiger charge is -2.33. The lowest BCUT2D eigenvalue weighted by Crippen LogP contribution is -2.32. The third kappa shape index (κ3) is 2.41. The molecule has 0 bridgehead atoms. The zero-order chi connectivity index (χ0) is 11.1. The van der Waals surface area contributed by atoms with E-state index in [1.807, 2.05) is 0 Å². The SMILES string of the molecule is CC1(C(Br)C2CCS(=O)(=O)C2)CCCC1. The Morgan fingerprint density at radius 1 is 1.33 bits per heavy atom. The molecule has 2 aliphatic rings. The lowest BCUT2D eigenvalue weighted by atomic mass is 9.79. The van der Waals surface area contributed by atoms with Crippen molar-refractivity contribution in [2.24, 2.45) is 11.3 Å². The Kier molecular flexibility index (Phi) is 3.19. The lowest BCUT2D eigenvalue weighted by molar-refractivity contribution is 0.277. The molecule has 1 aliphatic heterocycles. The monoisotopic (exact) mass is 294 g/mol. The zero-order valence-electron chi connectivity index (χ0n) is 9.21. The maximum absolute atomic E-state index is 11.4. The van der Waals surface area contributed by atoms with E-state index in [9.17, 15) is 8.42 Å². The molecule has 0 spiro atoms. The Balaban J connectivity index is 2.05. The van der Waals surface area contributed by atoms with Gasteiger partial charge in [-0.15, -0.1) is 0 Å². The van der Waals surface area contributed by atoms with Gasteiger partial charge in [-0.2, -0.15) is 0 Å². The van der Waals surface area contributed by atoms with Gasteiger partial charge in [0.2, 0.25) is 0 Å². The molecule has 2 rings (SSSR count). The Bertz CT molecular complexity index is 330. The van der Waals surface area contributed by atoms with Crippen LogP contribution in [0.4, 0.5) is 0 Å². The van der Waals surface area contributed by atoms with E-state index in [0.717, 1.165) is 6.42 Å². The van der Waals surface area contributed by atoms with Gasteiger partial charge in [0, 0.05) is 4.83 Å². The maximum Gasteiger partial charge on any atom is 0.150 e. The fourth-order valence-corrected chi connectivity index (χ4v) is 6.08. The molecule has 0 aromatic carbocycles. The molecule has 0 aromatic heterocycles. The van der Waals surface area contributed by atoms with Crippen molar-refractivity contribution < 1.29 is 8.42 Å². The highest BCUT2D eigenvalue weighted by atomic mass is 79.9. The molecule has 0 aromatic rings. The third-order valence-corrected chi connectivity index (χ3v) is 7.74. The minimum absolute atomic E-state index is 0.338. The van der Waals surface area contributed by atoms with Gasteiger partial charge in [0.25, 0.3) is 0 Å².